The molecule has 0 saturated carbocycles. The lowest BCUT2D eigenvalue weighted by Gasteiger charge is -2.32. The number of carbonyl (C=O) groups excluding carboxylic acids is 2. The lowest BCUT2D eigenvalue weighted by Crippen LogP contribution is -2.34. The van der Waals surface area contributed by atoms with Gasteiger partial charge in [0.15, 0.2) is 0 Å². The van der Waals surface area contributed by atoms with Crippen LogP contribution in [0.5, 0.6) is 0 Å². The number of carbonyl (C=O) groups is 2. The molecule has 1 amide bonds. The fraction of sp³-hybridized carbons (Fsp3) is 0.579. The predicted molar refractivity (Wildman–Crippen MR) is 119 cm³/mol. The number of amides is 1. The van der Waals surface area contributed by atoms with Gasteiger partial charge in [-0.15, -0.1) is 0 Å². The van der Waals surface area contributed by atoms with Gasteiger partial charge >= 0.3 is 0 Å². The quantitative estimate of drug-likeness (QED) is 0.197. The van der Waals surface area contributed by atoms with Crippen LogP contribution in [0.4, 0.5) is 5.69 Å². The van der Waals surface area contributed by atoms with Crippen LogP contribution in [0, 0.1) is 8.99 Å². The lowest BCUT2D eigenvalue weighted by molar-refractivity contribution is -0.114. The first-order valence-corrected chi connectivity index (χ1v) is 13.1. The van der Waals surface area contributed by atoms with Crippen molar-refractivity contribution in [2.24, 2.45) is 5.41 Å². The minimum Gasteiger partial charge on any atom is -0.414 e. The van der Waals surface area contributed by atoms with Crippen molar-refractivity contribution in [3.05, 3.63) is 25.7 Å². The van der Waals surface area contributed by atoms with Gasteiger partial charge in [0, 0.05) is 20.7 Å². The molecule has 1 atom stereocenters. The molecule has 0 aliphatic carbocycles. The summed E-state index contributed by atoms with van der Waals surface area (Å²) in [6, 6.07) is 3.78. The van der Waals surface area contributed by atoms with Crippen molar-refractivity contribution in [2.75, 3.05) is 11.4 Å². The summed E-state index contributed by atoms with van der Waals surface area (Å²) in [4.78, 5) is 26.3. The summed E-state index contributed by atoms with van der Waals surface area (Å²) in [6.45, 7) is 11.5. The molecule has 0 fully saturated rings. The van der Waals surface area contributed by atoms with Gasteiger partial charge in [-0.3, -0.25) is 9.59 Å². The Kier molecular flexibility index (Phi) is 7.49. The summed E-state index contributed by atoms with van der Waals surface area (Å²) in [7, 11) is -0.748. The fourth-order valence-corrected chi connectivity index (χ4v) is 5.82. The van der Waals surface area contributed by atoms with Crippen LogP contribution >= 0.6 is 38.5 Å². The highest BCUT2D eigenvalue weighted by molar-refractivity contribution is 14.1. The average molecular weight is 551 g/mol. The fourth-order valence-electron chi connectivity index (χ4n) is 3.11. The highest BCUT2D eigenvalue weighted by Gasteiger charge is 2.37. The summed E-state index contributed by atoms with van der Waals surface area (Å²) in [5.74, 6) is -0.831. The summed E-state index contributed by atoms with van der Waals surface area (Å²) < 4.78 is 7.87. The highest BCUT2D eigenvalue weighted by Crippen LogP contribution is 2.36. The zero-order valence-corrected chi connectivity index (χ0v) is 20.7. The van der Waals surface area contributed by atoms with Crippen molar-refractivity contribution in [3.63, 3.8) is 0 Å². The van der Waals surface area contributed by atoms with Gasteiger partial charge in [-0.2, -0.15) is 0 Å². The first-order valence-electron chi connectivity index (χ1n) is 8.84. The van der Waals surface area contributed by atoms with Crippen LogP contribution in [0.2, 0.25) is 13.1 Å². The summed E-state index contributed by atoms with van der Waals surface area (Å²) >= 11 is 5.62. The molecule has 1 radical (unpaired) electrons. The first-order chi connectivity index (χ1) is 12.0. The van der Waals surface area contributed by atoms with Crippen LogP contribution in [0.3, 0.4) is 0 Å². The number of ketones is 1. The minimum absolute atomic E-state index is 0.106. The molecule has 1 aliphatic rings. The molecule has 1 aromatic rings. The third-order valence-corrected chi connectivity index (χ3v) is 6.44. The molecule has 2 rings (SSSR count). The monoisotopic (exact) mass is 550 g/mol. The van der Waals surface area contributed by atoms with Gasteiger partial charge in [-0.25, -0.2) is 0 Å². The van der Waals surface area contributed by atoms with E-state index < -0.39 is 20.7 Å². The molecule has 1 aliphatic heterocycles. The van der Waals surface area contributed by atoms with Crippen molar-refractivity contribution in [3.8, 4) is 0 Å². The van der Waals surface area contributed by atoms with Gasteiger partial charge in [-0.1, -0.05) is 20.8 Å². The number of benzene rings is 1. The Morgan fingerprint density at radius 3 is 2.46 bits per heavy atom. The highest BCUT2D eigenvalue weighted by atomic mass is 127. The molecular formula is C19H26BrINO3Si. The van der Waals surface area contributed by atoms with Crippen molar-refractivity contribution in [1.29, 1.82) is 0 Å². The van der Waals surface area contributed by atoms with Gasteiger partial charge in [0.1, 0.15) is 0 Å². The second kappa shape index (κ2) is 8.83. The van der Waals surface area contributed by atoms with E-state index >= 15 is 0 Å². The molecule has 0 aromatic heterocycles. The standard InChI is InChI=1S/C19H26BrINO3Si/c1-19(2,3)15(25-26(4)5)8-6-7-9-22-14-11-12(21)10-13(20)16(14)17(23)18(22)24/h10-11,15H,6-9H2,1-5H3. The van der Waals surface area contributed by atoms with Crippen LogP contribution in [0.15, 0.2) is 16.6 Å². The van der Waals surface area contributed by atoms with Gasteiger partial charge in [0.05, 0.1) is 11.3 Å². The third-order valence-electron chi connectivity index (χ3n) is 4.43. The van der Waals surface area contributed by atoms with Gasteiger partial charge in [-0.05, 0) is 88.4 Å². The van der Waals surface area contributed by atoms with E-state index in [-0.39, 0.29) is 11.5 Å². The number of unbranched alkanes of at least 4 members (excludes halogenated alkanes) is 1. The largest absolute Gasteiger partial charge is 0.414 e. The van der Waals surface area contributed by atoms with Crippen molar-refractivity contribution in [1.82, 2.24) is 0 Å². The minimum atomic E-state index is -0.748. The maximum Gasteiger partial charge on any atom is 0.299 e. The van der Waals surface area contributed by atoms with E-state index in [4.69, 9.17) is 4.43 Å². The normalized spacial score (nSPS) is 15.8. The molecule has 143 valence electrons. The van der Waals surface area contributed by atoms with Crippen LogP contribution in [-0.2, 0) is 9.22 Å². The molecule has 4 nitrogen and oxygen atoms in total. The van der Waals surface area contributed by atoms with E-state index in [9.17, 15) is 9.59 Å². The van der Waals surface area contributed by atoms with E-state index in [0.717, 1.165) is 28.5 Å². The van der Waals surface area contributed by atoms with Crippen molar-refractivity contribution < 1.29 is 14.0 Å². The van der Waals surface area contributed by atoms with Crippen molar-refractivity contribution in [2.45, 2.75) is 59.2 Å². The van der Waals surface area contributed by atoms with Crippen molar-refractivity contribution >= 4 is 64.9 Å². The Labute approximate surface area is 180 Å². The maximum atomic E-state index is 12.4. The van der Waals surface area contributed by atoms with Crippen LogP contribution in [-0.4, -0.2) is 33.4 Å². The Morgan fingerprint density at radius 2 is 1.88 bits per heavy atom. The molecule has 0 bridgehead atoms. The van der Waals surface area contributed by atoms with E-state index in [2.05, 4.69) is 72.4 Å². The molecular weight excluding hydrogens is 525 g/mol. The van der Waals surface area contributed by atoms with E-state index in [0.29, 0.717) is 16.6 Å². The zero-order valence-electron chi connectivity index (χ0n) is 16.0. The maximum absolute atomic E-state index is 12.4. The Hall–Kier alpha value is -0.253. The second-order valence-electron chi connectivity index (χ2n) is 7.94. The Morgan fingerprint density at radius 1 is 1.23 bits per heavy atom. The molecule has 0 spiro atoms. The molecule has 0 N–H and O–H groups in total. The second-order valence-corrected chi connectivity index (χ2v) is 12.1. The molecule has 1 aromatic carbocycles. The SMILES string of the molecule is C[Si](C)OC(CCCCN1C(=O)C(=O)c2c(Br)cc(I)cc21)C(C)(C)C. The van der Waals surface area contributed by atoms with Crippen LogP contribution in [0.1, 0.15) is 50.4 Å². The number of nitrogens with zero attached hydrogens (tertiary/aromatic N) is 1. The third kappa shape index (κ3) is 5.17. The average Bonchev–Trinajstić information content (AvgIpc) is 2.73. The Bertz CT molecular complexity index is 703. The zero-order chi connectivity index (χ0) is 19.6. The van der Waals surface area contributed by atoms with E-state index in [1.54, 1.807) is 4.90 Å². The number of fused-ring (bicyclic) bond motifs is 1. The molecule has 1 unspecified atom stereocenters. The van der Waals surface area contributed by atoms with E-state index in [1.807, 2.05) is 12.1 Å². The topological polar surface area (TPSA) is 46.6 Å². The number of hydrogen-bond acceptors (Lipinski definition) is 3. The van der Waals surface area contributed by atoms with Crippen LogP contribution < -0.4 is 4.90 Å². The molecule has 7 heteroatoms. The summed E-state index contributed by atoms with van der Waals surface area (Å²) in [5.41, 5.74) is 1.33. The smallest absolute Gasteiger partial charge is 0.299 e. The summed E-state index contributed by atoms with van der Waals surface area (Å²) in [6.07, 6.45) is 3.02. The summed E-state index contributed by atoms with van der Waals surface area (Å²) in [5, 5.41) is 0. The first kappa shape index (κ1) is 22.0. The number of Topliss-reactive ketones (excluding diaryl/α,β-unsaturated/α-hetero) is 1. The molecule has 1 heterocycles. The van der Waals surface area contributed by atoms with Gasteiger partial charge in [0.2, 0.25) is 9.04 Å². The Balaban J connectivity index is 2.00. The number of hydrogen-bond donors (Lipinski definition) is 0. The van der Waals surface area contributed by atoms with Gasteiger partial charge in [0.25, 0.3) is 11.7 Å². The van der Waals surface area contributed by atoms with Crippen LogP contribution in [0.25, 0.3) is 0 Å². The number of rotatable bonds is 7. The van der Waals surface area contributed by atoms with Gasteiger partial charge < -0.3 is 9.33 Å². The number of anilines is 1. The van der Waals surface area contributed by atoms with E-state index in [1.165, 1.54) is 0 Å². The molecule has 26 heavy (non-hydrogen) atoms. The lowest BCUT2D eigenvalue weighted by atomic mass is 9.86. The predicted octanol–water partition coefficient (Wildman–Crippen LogP) is 5.44. The number of halogens is 2. The molecule has 0 saturated heterocycles.